The Morgan fingerprint density at radius 2 is 2.29 bits per heavy atom. The smallest absolute Gasteiger partial charge is 0.244 e. The highest BCUT2D eigenvalue weighted by Crippen LogP contribution is 2.26. The van der Waals surface area contributed by atoms with Gasteiger partial charge in [-0.1, -0.05) is 28.9 Å². The van der Waals surface area contributed by atoms with Crippen molar-refractivity contribution >= 4 is 27.5 Å². The first kappa shape index (κ1) is 12.6. The standard InChI is InChI=1S/C13H17BrN2O/c1-3-15-12-6-7-16(13(12)17)10-5-4-9(2)11(14)8-10/h4-5,8,12,15H,3,6-7H2,1-2H3. The summed E-state index contributed by atoms with van der Waals surface area (Å²) in [6, 6.07) is 6.04. The van der Waals surface area contributed by atoms with Crippen molar-refractivity contribution in [3.8, 4) is 0 Å². The topological polar surface area (TPSA) is 32.3 Å². The molecule has 1 N–H and O–H groups in total. The third-order valence-corrected chi connectivity index (χ3v) is 3.98. The molecule has 0 aliphatic carbocycles. The molecule has 0 spiro atoms. The first-order valence-electron chi connectivity index (χ1n) is 5.94. The summed E-state index contributed by atoms with van der Waals surface area (Å²) in [6.07, 6.45) is 0.887. The molecule has 1 heterocycles. The van der Waals surface area contributed by atoms with Gasteiger partial charge >= 0.3 is 0 Å². The minimum Gasteiger partial charge on any atom is -0.311 e. The number of hydrogen-bond acceptors (Lipinski definition) is 2. The van der Waals surface area contributed by atoms with Crippen LogP contribution in [0.1, 0.15) is 18.9 Å². The van der Waals surface area contributed by atoms with Crippen LogP contribution < -0.4 is 10.2 Å². The third-order valence-electron chi connectivity index (χ3n) is 3.12. The van der Waals surface area contributed by atoms with Crippen molar-refractivity contribution < 1.29 is 4.79 Å². The van der Waals surface area contributed by atoms with Crippen LogP contribution in [0.4, 0.5) is 5.69 Å². The van der Waals surface area contributed by atoms with Gasteiger partial charge in [0.25, 0.3) is 0 Å². The molecule has 0 radical (unpaired) electrons. The molecule has 1 atom stereocenters. The average Bonchev–Trinajstić information content (AvgIpc) is 2.66. The molecule has 3 nitrogen and oxygen atoms in total. The molecule has 1 fully saturated rings. The van der Waals surface area contributed by atoms with Crippen LogP contribution in [-0.4, -0.2) is 25.0 Å². The highest BCUT2D eigenvalue weighted by atomic mass is 79.9. The van der Waals surface area contributed by atoms with Gasteiger partial charge < -0.3 is 10.2 Å². The predicted octanol–water partition coefficient (Wildman–Crippen LogP) is 2.47. The fourth-order valence-electron chi connectivity index (χ4n) is 2.12. The Morgan fingerprint density at radius 1 is 1.53 bits per heavy atom. The summed E-state index contributed by atoms with van der Waals surface area (Å²) in [4.78, 5) is 14.0. The highest BCUT2D eigenvalue weighted by Gasteiger charge is 2.31. The normalized spacial score (nSPS) is 20.1. The second kappa shape index (κ2) is 5.19. The average molecular weight is 297 g/mol. The van der Waals surface area contributed by atoms with Gasteiger partial charge in [-0.15, -0.1) is 0 Å². The number of aryl methyl sites for hydroxylation is 1. The molecule has 4 heteroatoms. The molecule has 0 aromatic heterocycles. The number of halogens is 1. The van der Waals surface area contributed by atoms with Gasteiger partial charge in [-0.2, -0.15) is 0 Å². The lowest BCUT2D eigenvalue weighted by Crippen LogP contribution is -2.38. The number of anilines is 1. The maximum absolute atomic E-state index is 12.1. The molecule has 2 rings (SSSR count). The molecule has 92 valence electrons. The zero-order valence-corrected chi connectivity index (χ0v) is 11.8. The largest absolute Gasteiger partial charge is 0.311 e. The molecule has 0 bridgehead atoms. The van der Waals surface area contributed by atoms with Crippen LogP contribution in [-0.2, 0) is 4.79 Å². The molecule has 1 aliphatic rings. The number of rotatable bonds is 3. The molecule has 1 saturated heterocycles. The van der Waals surface area contributed by atoms with Gasteiger partial charge in [0.05, 0.1) is 6.04 Å². The monoisotopic (exact) mass is 296 g/mol. The summed E-state index contributed by atoms with van der Waals surface area (Å²) in [6.45, 7) is 5.70. The van der Waals surface area contributed by atoms with Gasteiger partial charge in [0.1, 0.15) is 0 Å². The molecular weight excluding hydrogens is 280 g/mol. The predicted molar refractivity (Wildman–Crippen MR) is 73.3 cm³/mol. The number of carbonyl (C=O) groups is 1. The van der Waals surface area contributed by atoms with Crippen molar-refractivity contribution in [2.24, 2.45) is 0 Å². The second-order valence-electron chi connectivity index (χ2n) is 4.32. The van der Waals surface area contributed by atoms with Crippen molar-refractivity contribution in [3.05, 3.63) is 28.2 Å². The number of carbonyl (C=O) groups excluding carboxylic acids is 1. The van der Waals surface area contributed by atoms with E-state index in [2.05, 4.69) is 21.2 Å². The van der Waals surface area contributed by atoms with Gasteiger partial charge in [0.15, 0.2) is 0 Å². The Morgan fingerprint density at radius 3 is 2.94 bits per heavy atom. The van der Waals surface area contributed by atoms with Gasteiger partial charge in [0.2, 0.25) is 5.91 Å². The summed E-state index contributed by atoms with van der Waals surface area (Å²) >= 11 is 3.51. The lowest BCUT2D eigenvalue weighted by Gasteiger charge is -2.17. The number of amides is 1. The molecule has 1 aromatic carbocycles. The van der Waals surface area contributed by atoms with Crippen LogP contribution in [0.5, 0.6) is 0 Å². The van der Waals surface area contributed by atoms with E-state index in [1.165, 1.54) is 5.56 Å². The highest BCUT2D eigenvalue weighted by molar-refractivity contribution is 9.10. The second-order valence-corrected chi connectivity index (χ2v) is 5.18. The van der Waals surface area contributed by atoms with Crippen molar-refractivity contribution in [1.29, 1.82) is 0 Å². The van der Waals surface area contributed by atoms with E-state index in [-0.39, 0.29) is 11.9 Å². The van der Waals surface area contributed by atoms with E-state index in [9.17, 15) is 4.79 Å². The van der Waals surface area contributed by atoms with E-state index in [1.807, 2.05) is 36.9 Å². The first-order chi connectivity index (χ1) is 8.13. The van der Waals surface area contributed by atoms with Gasteiger partial charge in [-0.05, 0) is 37.6 Å². The lowest BCUT2D eigenvalue weighted by molar-refractivity contribution is -0.118. The Labute approximate surface area is 110 Å². The lowest BCUT2D eigenvalue weighted by atomic mass is 10.2. The van der Waals surface area contributed by atoms with Crippen molar-refractivity contribution in [2.75, 3.05) is 18.0 Å². The SMILES string of the molecule is CCNC1CCN(c2ccc(C)c(Br)c2)C1=O. The van der Waals surface area contributed by atoms with Crippen LogP contribution in [0.2, 0.25) is 0 Å². The zero-order valence-electron chi connectivity index (χ0n) is 10.2. The van der Waals surface area contributed by atoms with Crippen LogP contribution in [0, 0.1) is 6.92 Å². The third kappa shape index (κ3) is 2.53. The van der Waals surface area contributed by atoms with Crippen molar-refractivity contribution in [1.82, 2.24) is 5.32 Å². The van der Waals surface area contributed by atoms with Gasteiger partial charge in [-0.25, -0.2) is 0 Å². The molecule has 17 heavy (non-hydrogen) atoms. The number of likely N-dealkylation sites (N-methyl/N-ethyl adjacent to an activating group) is 1. The number of benzene rings is 1. The van der Waals surface area contributed by atoms with E-state index in [0.717, 1.165) is 29.7 Å². The van der Waals surface area contributed by atoms with Crippen LogP contribution in [0.3, 0.4) is 0 Å². The minimum atomic E-state index is -0.0138. The van der Waals surface area contributed by atoms with Gasteiger partial charge in [-0.3, -0.25) is 4.79 Å². The fourth-order valence-corrected chi connectivity index (χ4v) is 2.49. The van der Waals surface area contributed by atoms with Crippen molar-refractivity contribution in [2.45, 2.75) is 26.3 Å². The summed E-state index contributed by atoms with van der Waals surface area (Å²) in [5, 5.41) is 3.22. The zero-order chi connectivity index (χ0) is 12.4. The number of nitrogens with zero attached hydrogens (tertiary/aromatic N) is 1. The Bertz CT molecular complexity index is 433. The molecule has 1 aromatic rings. The molecular formula is C13H17BrN2O. The summed E-state index contributed by atoms with van der Waals surface area (Å²) in [7, 11) is 0. The molecule has 1 amide bonds. The Balaban J connectivity index is 2.18. The molecule has 1 unspecified atom stereocenters. The molecule has 1 aliphatic heterocycles. The quantitative estimate of drug-likeness (QED) is 0.929. The molecule has 0 saturated carbocycles. The Hall–Kier alpha value is -0.870. The van der Waals surface area contributed by atoms with E-state index >= 15 is 0 Å². The van der Waals surface area contributed by atoms with E-state index in [0.29, 0.717) is 0 Å². The maximum atomic E-state index is 12.1. The number of hydrogen-bond donors (Lipinski definition) is 1. The number of nitrogens with one attached hydrogen (secondary N) is 1. The van der Waals surface area contributed by atoms with Gasteiger partial charge in [0, 0.05) is 16.7 Å². The summed E-state index contributed by atoms with van der Waals surface area (Å²) < 4.78 is 1.05. The summed E-state index contributed by atoms with van der Waals surface area (Å²) in [5.74, 6) is 0.183. The first-order valence-corrected chi connectivity index (χ1v) is 6.73. The van der Waals surface area contributed by atoms with Crippen LogP contribution in [0.25, 0.3) is 0 Å². The summed E-state index contributed by atoms with van der Waals surface area (Å²) in [5.41, 5.74) is 2.16. The van der Waals surface area contributed by atoms with Crippen LogP contribution >= 0.6 is 15.9 Å². The van der Waals surface area contributed by atoms with E-state index in [1.54, 1.807) is 0 Å². The van der Waals surface area contributed by atoms with Crippen LogP contribution in [0.15, 0.2) is 22.7 Å². The minimum absolute atomic E-state index is 0.0138. The van der Waals surface area contributed by atoms with E-state index in [4.69, 9.17) is 0 Å². The fraction of sp³-hybridized carbons (Fsp3) is 0.462. The van der Waals surface area contributed by atoms with E-state index < -0.39 is 0 Å². The van der Waals surface area contributed by atoms with Crippen molar-refractivity contribution in [3.63, 3.8) is 0 Å². The maximum Gasteiger partial charge on any atom is 0.244 e. The Kier molecular flexibility index (Phi) is 3.84.